The third-order valence-corrected chi connectivity index (χ3v) is 4.78. The van der Waals surface area contributed by atoms with Gasteiger partial charge >= 0.3 is 0 Å². The van der Waals surface area contributed by atoms with Crippen LogP contribution in [0.4, 0.5) is 0 Å². The quantitative estimate of drug-likeness (QED) is 0.536. The molecule has 1 fully saturated rings. The van der Waals surface area contributed by atoms with Crippen LogP contribution in [0.15, 0.2) is 0 Å². The number of hydrogen-bond acceptors (Lipinski definition) is 0. The molecule has 0 heteroatoms. The predicted octanol–water partition coefficient (Wildman–Crippen LogP) is 5.28. The van der Waals surface area contributed by atoms with Crippen molar-refractivity contribution >= 4 is 0 Å². The van der Waals surface area contributed by atoms with Gasteiger partial charge in [-0.05, 0) is 30.1 Å². The largest absolute Gasteiger partial charge is 0.0651 e. The second-order valence-electron chi connectivity index (χ2n) is 5.68. The normalized spacial score (nSPS) is 32.4. The second kappa shape index (κ2) is 6.55. The minimum Gasteiger partial charge on any atom is -0.0651 e. The Morgan fingerprint density at radius 2 is 1.80 bits per heavy atom. The molecular weight excluding hydrogens is 180 g/mol. The van der Waals surface area contributed by atoms with Crippen LogP contribution < -0.4 is 0 Å². The van der Waals surface area contributed by atoms with Crippen LogP contribution in [0.3, 0.4) is 0 Å². The molecule has 1 aliphatic carbocycles. The molecule has 0 aliphatic heterocycles. The van der Waals surface area contributed by atoms with Gasteiger partial charge in [-0.15, -0.1) is 0 Å². The first kappa shape index (κ1) is 13.1. The van der Waals surface area contributed by atoms with E-state index in [1.165, 1.54) is 44.9 Å². The number of rotatable bonds is 7. The van der Waals surface area contributed by atoms with Gasteiger partial charge in [0.25, 0.3) is 0 Å². The summed E-state index contributed by atoms with van der Waals surface area (Å²) in [6, 6.07) is 0. The summed E-state index contributed by atoms with van der Waals surface area (Å²) in [7, 11) is 0. The smallest absolute Gasteiger partial charge is 0.0360 e. The van der Waals surface area contributed by atoms with Crippen molar-refractivity contribution in [1.82, 2.24) is 0 Å². The zero-order valence-corrected chi connectivity index (χ0v) is 11.3. The van der Waals surface area contributed by atoms with E-state index in [0.29, 0.717) is 0 Å². The molecule has 4 atom stereocenters. The highest BCUT2D eigenvalue weighted by Gasteiger charge is 2.37. The fraction of sp³-hybridized carbons (Fsp3) is 1.00. The lowest BCUT2D eigenvalue weighted by Gasteiger charge is -2.45. The van der Waals surface area contributed by atoms with Gasteiger partial charge in [0.15, 0.2) is 0 Å². The van der Waals surface area contributed by atoms with Crippen molar-refractivity contribution in [1.29, 1.82) is 0 Å². The van der Waals surface area contributed by atoms with E-state index in [9.17, 15) is 0 Å². The van der Waals surface area contributed by atoms with E-state index in [2.05, 4.69) is 27.7 Å². The fourth-order valence-corrected chi connectivity index (χ4v) is 3.33. The molecule has 0 radical (unpaired) electrons. The first-order valence-electron chi connectivity index (χ1n) is 7.22. The van der Waals surface area contributed by atoms with Crippen LogP contribution in [-0.4, -0.2) is 0 Å². The molecule has 0 N–H and O–H groups in total. The summed E-state index contributed by atoms with van der Waals surface area (Å²) in [5.74, 6) is 4.19. The minimum atomic E-state index is 0.951. The van der Waals surface area contributed by atoms with E-state index in [0.717, 1.165) is 23.7 Å². The lowest BCUT2D eigenvalue weighted by Crippen LogP contribution is -2.35. The van der Waals surface area contributed by atoms with E-state index in [1.54, 1.807) is 0 Å². The Kier molecular flexibility index (Phi) is 5.71. The highest BCUT2D eigenvalue weighted by atomic mass is 14.4. The molecule has 4 unspecified atom stereocenters. The molecule has 0 aromatic carbocycles. The Morgan fingerprint density at radius 1 is 1.07 bits per heavy atom. The van der Waals surface area contributed by atoms with Crippen LogP contribution in [0.5, 0.6) is 0 Å². The first-order chi connectivity index (χ1) is 7.22. The SMILES string of the molecule is CCC(C)CCCC1CC(CC)C1CC. The first-order valence-corrected chi connectivity index (χ1v) is 7.22. The topological polar surface area (TPSA) is 0 Å². The van der Waals surface area contributed by atoms with Gasteiger partial charge in [-0.3, -0.25) is 0 Å². The van der Waals surface area contributed by atoms with Crippen molar-refractivity contribution in [3.05, 3.63) is 0 Å². The van der Waals surface area contributed by atoms with E-state index in [1.807, 2.05) is 0 Å². The summed E-state index contributed by atoms with van der Waals surface area (Å²) in [5.41, 5.74) is 0. The lowest BCUT2D eigenvalue weighted by atomic mass is 9.61. The summed E-state index contributed by atoms with van der Waals surface area (Å²) in [4.78, 5) is 0. The molecule has 1 aliphatic rings. The maximum Gasteiger partial charge on any atom is -0.0360 e. The highest BCUT2D eigenvalue weighted by molar-refractivity contribution is 4.87. The van der Waals surface area contributed by atoms with E-state index >= 15 is 0 Å². The van der Waals surface area contributed by atoms with Gasteiger partial charge in [-0.2, -0.15) is 0 Å². The van der Waals surface area contributed by atoms with Crippen LogP contribution in [0, 0.1) is 23.7 Å². The summed E-state index contributed by atoms with van der Waals surface area (Å²) < 4.78 is 0. The monoisotopic (exact) mass is 210 g/mol. The molecule has 0 heterocycles. The van der Waals surface area contributed by atoms with Crippen LogP contribution in [0.1, 0.15) is 72.6 Å². The standard InChI is InChI=1S/C15H30/c1-5-12(4)9-8-10-14-11-13(6-2)15(14)7-3/h12-15H,5-11H2,1-4H3. The Labute approximate surface area is 96.8 Å². The molecule has 0 aromatic rings. The summed E-state index contributed by atoms with van der Waals surface area (Å²) in [6.45, 7) is 9.46. The van der Waals surface area contributed by atoms with Crippen molar-refractivity contribution in [3.63, 3.8) is 0 Å². The third-order valence-electron chi connectivity index (χ3n) is 4.78. The maximum absolute atomic E-state index is 2.40. The molecule has 15 heavy (non-hydrogen) atoms. The van der Waals surface area contributed by atoms with Crippen LogP contribution in [0.2, 0.25) is 0 Å². The van der Waals surface area contributed by atoms with Crippen molar-refractivity contribution in [2.75, 3.05) is 0 Å². The summed E-state index contributed by atoms with van der Waals surface area (Å²) >= 11 is 0. The molecule has 0 amide bonds. The zero-order chi connectivity index (χ0) is 11.3. The lowest BCUT2D eigenvalue weighted by molar-refractivity contribution is 0.0545. The average Bonchev–Trinajstić information content (AvgIpc) is 2.22. The van der Waals surface area contributed by atoms with Gasteiger partial charge in [0.2, 0.25) is 0 Å². The van der Waals surface area contributed by atoms with Crippen molar-refractivity contribution in [2.24, 2.45) is 23.7 Å². The van der Waals surface area contributed by atoms with Crippen LogP contribution in [-0.2, 0) is 0 Å². The Hall–Kier alpha value is 0. The molecule has 0 nitrogen and oxygen atoms in total. The van der Waals surface area contributed by atoms with Crippen molar-refractivity contribution < 1.29 is 0 Å². The molecule has 0 saturated heterocycles. The third kappa shape index (κ3) is 3.50. The Balaban J connectivity index is 2.12. The van der Waals surface area contributed by atoms with E-state index < -0.39 is 0 Å². The molecule has 0 spiro atoms. The summed E-state index contributed by atoms with van der Waals surface area (Å²) in [6.07, 6.45) is 10.2. The van der Waals surface area contributed by atoms with E-state index in [4.69, 9.17) is 0 Å². The van der Waals surface area contributed by atoms with Crippen molar-refractivity contribution in [2.45, 2.75) is 72.6 Å². The van der Waals surface area contributed by atoms with Gasteiger partial charge in [0, 0.05) is 0 Å². The minimum absolute atomic E-state index is 0.951. The molecule has 0 bridgehead atoms. The van der Waals surface area contributed by atoms with Crippen LogP contribution >= 0.6 is 0 Å². The van der Waals surface area contributed by atoms with Gasteiger partial charge < -0.3 is 0 Å². The van der Waals surface area contributed by atoms with Gasteiger partial charge in [-0.1, -0.05) is 66.2 Å². The molecule has 90 valence electrons. The molecule has 0 aromatic heterocycles. The average molecular weight is 210 g/mol. The fourth-order valence-electron chi connectivity index (χ4n) is 3.33. The van der Waals surface area contributed by atoms with Crippen LogP contribution in [0.25, 0.3) is 0 Å². The van der Waals surface area contributed by atoms with E-state index in [-0.39, 0.29) is 0 Å². The Morgan fingerprint density at radius 3 is 2.33 bits per heavy atom. The van der Waals surface area contributed by atoms with Gasteiger partial charge in [0.05, 0.1) is 0 Å². The highest BCUT2D eigenvalue weighted by Crippen LogP contribution is 2.46. The molecule has 1 saturated carbocycles. The molecular formula is C15H30. The molecule has 1 rings (SSSR count). The Bertz CT molecular complexity index is 161. The zero-order valence-electron chi connectivity index (χ0n) is 11.3. The number of hydrogen-bond donors (Lipinski definition) is 0. The van der Waals surface area contributed by atoms with Gasteiger partial charge in [-0.25, -0.2) is 0 Å². The summed E-state index contributed by atoms with van der Waals surface area (Å²) in [5, 5.41) is 0. The van der Waals surface area contributed by atoms with Crippen molar-refractivity contribution in [3.8, 4) is 0 Å². The maximum atomic E-state index is 2.40. The van der Waals surface area contributed by atoms with Gasteiger partial charge in [0.1, 0.15) is 0 Å². The second-order valence-corrected chi connectivity index (χ2v) is 5.68. The predicted molar refractivity (Wildman–Crippen MR) is 69.0 cm³/mol.